The number of fused-ring (bicyclic) bond motifs is 17. The van der Waals surface area contributed by atoms with E-state index in [0.717, 1.165) is 67.0 Å². The predicted molar refractivity (Wildman–Crippen MR) is 233 cm³/mol. The molecule has 12 aromatic rings. The zero-order valence-corrected chi connectivity index (χ0v) is 31.2. The monoisotopic (exact) mass is 731 g/mol. The van der Waals surface area contributed by atoms with Crippen LogP contribution in [0.15, 0.2) is 164 Å². The normalized spacial score (nSPS) is 13.6. The summed E-state index contributed by atoms with van der Waals surface area (Å²) < 4.78 is 13.9. The Hall–Kier alpha value is -7.44. The lowest BCUT2D eigenvalue weighted by Crippen LogP contribution is -2.26. The van der Waals surface area contributed by atoms with Crippen LogP contribution in [0.5, 0.6) is 11.5 Å². The molecule has 13 rings (SSSR count). The summed E-state index contributed by atoms with van der Waals surface area (Å²) in [7, 11) is 0. The van der Waals surface area contributed by atoms with E-state index < -0.39 is 0 Å². The first-order valence-electron chi connectivity index (χ1n) is 19.5. The van der Waals surface area contributed by atoms with E-state index in [9.17, 15) is 0 Å². The van der Waals surface area contributed by atoms with Crippen molar-refractivity contribution in [2.45, 2.75) is 19.3 Å². The third-order valence-electron chi connectivity index (χ3n) is 12.5. The van der Waals surface area contributed by atoms with Crippen molar-refractivity contribution < 1.29 is 4.74 Å². The number of hydrogen-bond acceptors (Lipinski definition) is 3. The summed E-state index contributed by atoms with van der Waals surface area (Å²) in [4.78, 5) is 10.3. The SMILES string of the molecule is CC1(C)c2cccnc2-n2c3cc(Oc4ccc5c(c4)c4nc6ccccc6n4c4c5ccc5c4c4ccccc4n5-c4ccccc4)ccc3c3cccc1c32. The number of pyridine rings is 2. The van der Waals surface area contributed by atoms with E-state index >= 15 is 0 Å². The van der Waals surface area contributed by atoms with Crippen LogP contribution in [-0.2, 0) is 5.41 Å². The van der Waals surface area contributed by atoms with Crippen molar-refractivity contribution in [3.63, 3.8) is 0 Å². The van der Waals surface area contributed by atoms with E-state index in [1.165, 1.54) is 49.1 Å². The quantitative estimate of drug-likeness (QED) is 0.170. The van der Waals surface area contributed by atoms with Gasteiger partial charge in [0.15, 0.2) is 0 Å². The maximum absolute atomic E-state index is 6.81. The van der Waals surface area contributed by atoms with Gasteiger partial charge in [0.25, 0.3) is 0 Å². The highest BCUT2D eigenvalue weighted by Gasteiger charge is 2.35. The number of aromatic nitrogens is 5. The molecule has 6 heterocycles. The molecule has 0 radical (unpaired) electrons. The Bertz CT molecular complexity index is 3700. The minimum atomic E-state index is -0.171. The van der Waals surface area contributed by atoms with Crippen molar-refractivity contribution in [3.8, 4) is 23.0 Å². The molecule has 6 nitrogen and oxygen atoms in total. The fourth-order valence-corrected chi connectivity index (χ4v) is 9.97. The van der Waals surface area contributed by atoms with E-state index in [1.54, 1.807) is 0 Å². The molecule has 0 N–H and O–H groups in total. The van der Waals surface area contributed by atoms with Crippen molar-refractivity contribution in [1.29, 1.82) is 0 Å². The van der Waals surface area contributed by atoms with Crippen molar-refractivity contribution >= 4 is 82.0 Å². The Morgan fingerprint density at radius 1 is 0.491 bits per heavy atom. The average molecular weight is 732 g/mol. The highest BCUT2D eigenvalue weighted by Crippen LogP contribution is 2.48. The Kier molecular flexibility index (Phi) is 5.88. The van der Waals surface area contributed by atoms with Crippen LogP contribution in [0.25, 0.3) is 93.5 Å². The molecule has 268 valence electrons. The maximum atomic E-state index is 6.81. The summed E-state index contributed by atoms with van der Waals surface area (Å²) in [6.07, 6.45) is 1.89. The maximum Gasteiger partial charge on any atom is 0.146 e. The standard InChI is InChI=1S/C51H33N5O/c1-51(2)39-16-10-15-35-34-24-22-32(29-45(34)56(47(35)39)50-40(51)17-11-27-52-50)57-31-21-23-33-36-25-26-44-46(37-14-6-8-19-42(37)54(44)30-12-4-3-5-13-30)48(36)55-43-20-9-7-18-41(43)53-49(55)38(33)28-31/h3-29H,1-2H3. The van der Waals surface area contributed by atoms with E-state index in [2.05, 4.69) is 179 Å². The minimum Gasteiger partial charge on any atom is -0.457 e. The third-order valence-corrected chi connectivity index (χ3v) is 12.5. The molecule has 0 amide bonds. The molecule has 0 aliphatic carbocycles. The molecule has 0 atom stereocenters. The topological polar surface area (TPSA) is 49.3 Å². The molecule has 0 bridgehead atoms. The summed E-state index contributed by atoms with van der Waals surface area (Å²) in [6.45, 7) is 4.60. The van der Waals surface area contributed by atoms with Crippen LogP contribution in [0.1, 0.15) is 25.0 Å². The highest BCUT2D eigenvalue weighted by atomic mass is 16.5. The molecule has 57 heavy (non-hydrogen) atoms. The number of rotatable bonds is 3. The average Bonchev–Trinajstić information content (AvgIpc) is 3.92. The second-order valence-electron chi connectivity index (χ2n) is 15.8. The first kappa shape index (κ1) is 30.8. The van der Waals surface area contributed by atoms with Crippen LogP contribution in [0.2, 0.25) is 0 Å². The highest BCUT2D eigenvalue weighted by molar-refractivity contribution is 6.27. The molecule has 0 saturated carbocycles. The van der Waals surface area contributed by atoms with Gasteiger partial charge in [-0.05, 0) is 83.7 Å². The molecule has 7 aromatic carbocycles. The Labute approximate surface area is 326 Å². The summed E-state index contributed by atoms with van der Waals surface area (Å²) in [5.41, 5.74) is 12.2. The van der Waals surface area contributed by atoms with Gasteiger partial charge in [0.2, 0.25) is 0 Å². The van der Waals surface area contributed by atoms with Gasteiger partial charge in [-0.2, -0.15) is 0 Å². The van der Waals surface area contributed by atoms with Gasteiger partial charge in [0.1, 0.15) is 23.0 Å². The third kappa shape index (κ3) is 3.98. The van der Waals surface area contributed by atoms with Crippen molar-refractivity contribution in [1.82, 2.24) is 23.5 Å². The molecular formula is C51H33N5O. The van der Waals surface area contributed by atoms with Gasteiger partial charge in [-0.15, -0.1) is 0 Å². The van der Waals surface area contributed by atoms with Crippen LogP contribution in [0.3, 0.4) is 0 Å². The van der Waals surface area contributed by atoms with E-state index in [0.29, 0.717) is 0 Å². The lowest BCUT2D eigenvalue weighted by molar-refractivity contribution is 0.484. The van der Waals surface area contributed by atoms with E-state index in [-0.39, 0.29) is 5.41 Å². The molecule has 0 unspecified atom stereocenters. The molecule has 0 saturated heterocycles. The molecule has 1 aliphatic heterocycles. The van der Waals surface area contributed by atoms with Crippen LogP contribution >= 0.6 is 0 Å². The van der Waals surface area contributed by atoms with Crippen LogP contribution in [0, 0.1) is 0 Å². The predicted octanol–water partition coefficient (Wildman–Crippen LogP) is 12.8. The molecule has 0 fully saturated rings. The van der Waals surface area contributed by atoms with Gasteiger partial charge < -0.3 is 9.30 Å². The fourth-order valence-electron chi connectivity index (χ4n) is 9.97. The fraction of sp³-hybridized carbons (Fsp3) is 0.0588. The van der Waals surface area contributed by atoms with Crippen LogP contribution < -0.4 is 4.74 Å². The number of imidazole rings is 1. The first-order chi connectivity index (χ1) is 28.0. The zero-order chi connectivity index (χ0) is 37.6. The van der Waals surface area contributed by atoms with Gasteiger partial charge in [0, 0.05) is 61.2 Å². The lowest BCUT2D eigenvalue weighted by atomic mass is 9.76. The van der Waals surface area contributed by atoms with E-state index in [1.807, 2.05) is 12.3 Å². The van der Waals surface area contributed by atoms with E-state index in [4.69, 9.17) is 14.7 Å². The molecule has 1 aliphatic rings. The van der Waals surface area contributed by atoms with Crippen molar-refractivity contribution in [2.24, 2.45) is 0 Å². The number of nitrogens with zero attached hydrogens (tertiary/aromatic N) is 5. The minimum absolute atomic E-state index is 0.171. The molecule has 5 aromatic heterocycles. The zero-order valence-electron chi connectivity index (χ0n) is 31.2. The van der Waals surface area contributed by atoms with Crippen molar-refractivity contribution in [3.05, 3.63) is 175 Å². The molecule has 0 spiro atoms. The first-order valence-corrected chi connectivity index (χ1v) is 19.5. The number of benzene rings is 7. The molecule has 6 heteroatoms. The van der Waals surface area contributed by atoms with Gasteiger partial charge in [-0.3, -0.25) is 8.97 Å². The summed E-state index contributed by atoms with van der Waals surface area (Å²) in [6, 6.07) is 56.2. The number of para-hydroxylation sites is 5. The second kappa shape index (κ2) is 10.9. The van der Waals surface area contributed by atoms with Gasteiger partial charge in [0.05, 0.1) is 38.6 Å². The van der Waals surface area contributed by atoms with Gasteiger partial charge >= 0.3 is 0 Å². The van der Waals surface area contributed by atoms with Gasteiger partial charge in [-0.1, -0.05) is 92.7 Å². The number of ether oxygens (including phenoxy) is 1. The Morgan fingerprint density at radius 2 is 1.21 bits per heavy atom. The lowest BCUT2D eigenvalue weighted by Gasteiger charge is -2.33. The summed E-state index contributed by atoms with van der Waals surface area (Å²) in [5, 5.41) is 8.17. The summed E-state index contributed by atoms with van der Waals surface area (Å²) >= 11 is 0. The summed E-state index contributed by atoms with van der Waals surface area (Å²) in [5.74, 6) is 2.50. The molecular weight excluding hydrogens is 699 g/mol. The van der Waals surface area contributed by atoms with Crippen LogP contribution in [0.4, 0.5) is 0 Å². The smallest absolute Gasteiger partial charge is 0.146 e. The van der Waals surface area contributed by atoms with Crippen LogP contribution in [-0.4, -0.2) is 23.5 Å². The second-order valence-corrected chi connectivity index (χ2v) is 15.8. The number of hydrogen-bond donors (Lipinski definition) is 0. The Morgan fingerprint density at radius 3 is 2.11 bits per heavy atom. The van der Waals surface area contributed by atoms with Crippen molar-refractivity contribution in [2.75, 3.05) is 0 Å². The van der Waals surface area contributed by atoms with Gasteiger partial charge in [-0.25, -0.2) is 9.97 Å². The largest absolute Gasteiger partial charge is 0.457 e. The Balaban J connectivity index is 1.05.